The van der Waals surface area contributed by atoms with Crippen LogP contribution in [-0.2, 0) is 18.4 Å². The van der Waals surface area contributed by atoms with Gasteiger partial charge in [0.1, 0.15) is 12.4 Å². The van der Waals surface area contributed by atoms with Crippen LogP contribution in [0.2, 0.25) is 0 Å². The highest BCUT2D eigenvalue weighted by atomic mass is 16.4. The van der Waals surface area contributed by atoms with Crippen LogP contribution in [0.3, 0.4) is 0 Å². The lowest BCUT2D eigenvalue weighted by Crippen LogP contribution is -2.29. The fraction of sp³-hybridized carbons (Fsp3) is 0.556. The summed E-state index contributed by atoms with van der Waals surface area (Å²) in [5.74, 6) is 0.220. The van der Waals surface area contributed by atoms with Gasteiger partial charge in [0.2, 0.25) is 0 Å². The number of hydrogen-bond acceptors (Lipinski definition) is 2. The van der Waals surface area contributed by atoms with Crippen LogP contribution in [0.1, 0.15) is 19.7 Å². The van der Waals surface area contributed by atoms with Gasteiger partial charge in [0.15, 0.2) is 0 Å². The van der Waals surface area contributed by atoms with Gasteiger partial charge in [-0.2, -0.15) is 0 Å². The predicted octanol–water partition coefficient (Wildman–Crippen LogP) is -0.603. The van der Waals surface area contributed by atoms with Crippen molar-refractivity contribution in [1.29, 1.82) is 0 Å². The molecule has 0 fully saturated rings. The van der Waals surface area contributed by atoms with Crippen LogP contribution < -0.4 is 9.67 Å². The maximum Gasteiger partial charge on any atom is 0.252 e. The molecule has 0 amide bonds. The van der Waals surface area contributed by atoms with Gasteiger partial charge in [-0.05, 0) is 13.8 Å². The second-order valence-electron chi connectivity index (χ2n) is 2.73. The Morgan fingerprint density at radius 3 is 2.31 bits per heavy atom. The summed E-state index contributed by atoms with van der Waals surface area (Å²) in [6.45, 7) is 6.29. The van der Waals surface area contributed by atoms with Crippen molar-refractivity contribution in [3.63, 3.8) is 0 Å². The van der Waals surface area contributed by atoms with E-state index in [1.807, 2.05) is 0 Å². The summed E-state index contributed by atoms with van der Waals surface area (Å²) < 4.78 is 4.32. The van der Waals surface area contributed by atoms with Gasteiger partial charge in [0.05, 0.1) is 13.6 Å². The Balaban J connectivity index is 0.000000310. The van der Waals surface area contributed by atoms with E-state index in [1.165, 1.54) is 5.82 Å². The molecule has 0 radical (unpaired) electrons. The van der Waals surface area contributed by atoms with Gasteiger partial charge in [0, 0.05) is 12.9 Å². The molecule has 0 aliphatic heterocycles. The number of carbonyl (C=O) groups excluding carboxylic acids is 1. The van der Waals surface area contributed by atoms with Gasteiger partial charge >= 0.3 is 0 Å². The molecule has 0 aliphatic rings. The third kappa shape index (κ3) is 4.30. The zero-order valence-corrected chi connectivity index (χ0v) is 8.57. The maximum atomic E-state index is 8.89. The number of aromatic nitrogens is 2. The lowest BCUT2D eigenvalue weighted by atomic mass is 10.6. The lowest BCUT2D eigenvalue weighted by Gasteiger charge is -1.90. The SMILES string of the molecule is CC(=O)[O-].CCn1cc[n+](C)c1C. The van der Waals surface area contributed by atoms with Gasteiger partial charge in [-0.3, -0.25) is 0 Å². The lowest BCUT2D eigenvalue weighted by molar-refractivity contribution is -0.677. The average molecular weight is 184 g/mol. The quantitative estimate of drug-likeness (QED) is 0.547. The van der Waals surface area contributed by atoms with E-state index in [4.69, 9.17) is 9.90 Å². The minimum absolute atomic E-state index is 0.972. The Morgan fingerprint density at radius 1 is 1.69 bits per heavy atom. The standard InChI is InChI=1S/C7H13N2.C2H4O2/c1-4-9-6-5-8(3)7(9)2;1-2(3)4/h5-6H,4H2,1-3H3;1H3,(H,3,4)/q+1;/p-1. The molecule has 0 unspecified atom stereocenters. The van der Waals surface area contributed by atoms with E-state index in [1.54, 1.807) is 0 Å². The van der Waals surface area contributed by atoms with Crippen LogP contribution in [0.4, 0.5) is 0 Å². The molecule has 0 bridgehead atoms. The van der Waals surface area contributed by atoms with E-state index in [0.29, 0.717) is 0 Å². The number of carboxylic acid groups (broad SMARTS) is 1. The number of imidazole rings is 1. The van der Waals surface area contributed by atoms with Gasteiger partial charge in [-0.15, -0.1) is 0 Å². The van der Waals surface area contributed by atoms with E-state index in [2.05, 4.69) is 42.4 Å². The van der Waals surface area contributed by atoms with Crippen LogP contribution in [-0.4, -0.2) is 10.5 Å². The van der Waals surface area contributed by atoms with Crippen LogP contribution in [0.5, 0.6) is 0 Å². The third-order valence-corrected chi connectivity index (χ3v) is 1.74. The molecule has 0 spiro atoms. The normalized spacial score (nSPS) is 8.92. The largest absolute Gasteiger partial charge is 0.550 e. The van der Waals surface area contributed by atoms with E-state index >= 15 is 0 Å². The maximum absolute atomic E-state index is 8.89. The number of nitrogens with zero attached hydrogens (tertiary/aromatic N) is 2. The summed E-state index contributed by atoms with van der Waals surface area (Å²) in [6.07, 6.45) is 4.16. The molecule has 1 heterocycles. The Morgan fingerprint density at radius 2 is 2.15 bits per heavy atom. The van der Waals surface area contributed by atoms with Crippen molar-refractivity contribution in [2.24, 2.45) is 7.05 Å². The molecule has 13 heavy (non-hydrogen) atoms. The molecule has 1 rings (SSSR count). The Labute approximate surface area is 78.4 Å². The molecular weight excluding hydrogens is 168 g/mol. The number of carboxylic acids is 1. The summed E-state index contributed by atoms with van der Waals surface area (Å²) in [4.78, 5) is 8.89. The zero-order chi connectivity index (χ0) is 10.4. The molecule has 0 saturated carbocycles. The Hall–Kier alpha value is -1.32. The van der Waals surface area contributed by atoms with Crippen LogP contribution in [0, 0.1) is 6.92 Å². The van der Waals surface area contributed by atoms with Crippen molar-refractivity contribution >= 4 is 5.97 Å². The summed E-state index contributed by atoms with van der Waals surface area (Å²) in [5.41, 5.74) is 0. The molecule has 0 atom stereocenters. The van der Waals surface area contributed by atoms with Crippen molar-refractivity contribution in [3.05, 3.63) is 18.2 Å². The molecule has 1 aromatic rings. The molecule has 4 heteroatoms. The van der Waals surface area contributed by atoms with E-state index < -0.39 is 5.97 Å². The second kappa shape index (κ2) is 5.35. The van der Waals surface area contributed by atoms with Gasteiger partial charge in [0.25, 0.3) is 5.82 Å². The molecule has 0 saturated heterocycles. The number of aliphatic carboxylic acids is 1. The molecule has 0 N–H and O–H groups in total. The molecular formula is C9H16N2O2. The van der Waals surface area contributed by atoms with Crippen molar-refractivity contribution in [2.75, 3.05) is 0 Å². The number of carbonyl (C=O) groups is 1. The molecule has 0 aliphatic carbocycles. The van der Waals surface area contributed by atoms with Gasteiger partial charge < -0.3 is 9.90 Å². The predicted molar refractivity (Wildman–Crippen MR) is 46.7 cm³/mol. The smallest absolute Gasteiger partial charge is 0.252 e. The first-order chi connectivity index (χ1) is 5.99. The summed E-state index contributed by atoms with van der Waals surface area (Å²) >= 11 is 0. The number of aryl methyl sites for hydroxylation is 2. The van der Waals surface area contributed by atoms with Crippen LogP contribution >= 0.6 is 0 Å². The topological polar surface area (TPSA) is 48.9 Å². The first kappa shape index (κ1) is 11.7. The molecule has 1 aromatic heterocycles. The highest BCUT2D eigenvalue weighted by molar-refractivity contribution is 5.60. The number of rotatable bonds is 1. The van der Waals surface area contributed by atoms with Gasteiger partial charge in [-0.25, -0.2) is 9.13 Å². The average Bonchev–Trinajstić information content (AvgIpc) is 2.32. The van der Waals surface area contributed by atoms with Crippen LogP contribution in [0.15, 0.2) is 12.4 Å². The minimum Gasteiger partial charge on any atom is -0.550 e. The zero-order valence-electron chi connectivity index (χ0n) is 8.57. The van der Waals surface area contributed by atoms with Crippen molar-refractivity contribution in [3.8, 4) is 0 Å². The molecule has 74 valence electrons. The number of hydrogen-bond donors (Lipinski definition) is 0. The Kier molecular flexibility index (Phi) is 4.80. The van der Waals surface area contributed by atoms with Crippen molar-refractivity contribution in [1.82, 2.24) is 4.57 Å². The van der Waals surface area contributed by atoms with Gasteiger partial charge in [-0.1, -0.05) is 0 Å². The summed E-state index contributed by atoms with van der Waals surface area (Å²) in [7, 11) is 2.06. The van der Waals surface area contributed by atoms with Crippen LogP contribution in [0.25, 0.3) is 0 Å². The first-order valence-electron chi connectivity index (χ1n) is 4.18. The summed E-state index contributed by atoms with van der Waals surface area (Å²) in [6, 6.07) is 0. The molecule has 0 aromatic carbocycles. The van der Waals surface area contributed by atoms with E-state index in [9.17, 15) is 0 Å². The Bertz CT molecular complexity index is 275. The van der Waals surface area contributed by atoms with Crippen molar-refractivity contribution < 1.29 is 14.5 Å². The second-order valence-corrected chi connectivity index (χ2v) is 2.73. The fourth-order valence-electron chi connectivity index (χ4n) is 0.933. The third-order valence-electron chi connectivity index (χ3n) is 1.74. The minimum atomic E-state index is -1.08. The van der Waals surface area contributed by atoms with E-state index in [0.717, 1.165) is 13.5 Å². The van der Waals surface area contributed by atoms with Crippen molar-refractivity contribution in [2.45, 2.75) is 27.3 Å². The first-order valence-corrected chi connectivity index (χ1v) is 4.18. The fourth-order valence-corrected chi connectivity index (χ4v) is 0.933. The summed E-state index contributed by atoms with van der Waals surface area (Å²) in [5, 5.41) is 8.89. The van der Waals surface area contributed by atoms with E-state index in [-0.39, 0.29) is 0 Å². The highest BCUT2D eigenvalue weighted by Gasteiger charge is 2.03. The molecule has 4 nitrogen and oxygen atoms in total. The monoisotopic (exact) mass is 184 g/mol. The highest BCUT2D eigenvalue weighted by Crippen LogP contribution is 1.89.